The van der Waals surface area contributed by atoms with E-state index in [4.69, 9.17) is 0 Å². The molecule has 0 bridgehead atoms. The first-order chi connectivity index (χ1) is 10.2. The van der Waals surface area contributed by atoms with Crippen LogP contribution >= 0.6 is 11.3 Å². The third kappa shape index (κ3) is 3.71. The lowest BCUT2D eigenvalue weighted by atomic mass is 9.95. The molecule has 0 radical (unpaired) electrons. The van der Waals surface area contributed by atoms with Gasteiger partial charge < -0.3 is 4.57 Å². The van der Waals surface area contributed by atoms with Crippen LogP contribution in [0.2, 0.25) is 0 Å². The predicted molar refractivity (Wildman–Crippen MR) is 86.4 cm³/mol. The van der Waals surface area contributed by atoms with Crippen LogP contribution in [0.4, 0.5) is 0 Å². The molecule has 0 unspecified atom stereocenters. The molecule has 3 rings (SSSR count). The summed E-state index contributed by atoms with van der Waals surface area (Å²) in [4.78, 5) is 11.3. The number of rotatable bonds is 5. The van der Waals surface area contributed by atoms with Crippen molar-refractivity contribution in [3.63, 3.8) is 0 Å². The van der Waals surface area contributed by atoms with Gasteiger partial charge in [-0.05, 0) is 26.8 Å². The highest BCUT2D eigenvalue weighted by Gasteiger charge is 2.18. The Morgan fingerprint density at radius 2 is 2.10 bits per heavy atom. The summed E-state index contributed by atoms with van der Waals surface area (Å²) in [5.74, 6) is 0. The Kier molecular flexibility index (Phi) is 4.70. The third-order valence-electron chi connectivity index (χ3n) is 4.24. The van der Waals surface area contributed by atoms with Crippen molar-refractivity contribution < 1.29 is 0 Å². The summed E-state index contributed by atoms with van der Waals surface area (Å²) < 4.78 is 2.40. The summed E-state index contributed by atoms with van der Waals surface area (Å²) in [5, 5.41) is 3.30. The van der Waals surface area contributed by atoms with Crippen LogP contribution in [-0.2, 0) is 13.1 Å². The predicted octanol–water partition coefficient (Wildman–Crippen LogP) is 3.79. The third-order valence-corrected chi connectivity index (χ3v) is 5.07. The minimum absolute atomic E-state index is 0.658. The van der Waals surface area contributed by atoms with Crippen molar-refractivity contribution >= 4 is 11.3 Å². The Morgan fingerprint density at radius 3 is 2.81 bits per heavy atom. The molecule has 0 saturated heterocycles. The lowest BCUT2D eigenvalue weighted by Crippen LogP contribution is -2.22. The van der Waals surface area contributed by atoms with Crippen molar-refractivity contribution in [1.29, 1.82) is 0 Å². The van der Waals surface area contributed by atoms with Gasteiger partial charge in [-0.15, -0.1) is 11.3 Å². The molecular formula is C16H24N4S. The van der Waals surface area contributed by atoms with Crippen LogP contribution < -0.4 is 0 Å². The van der Waals surface area contributed by atoms with E-state index in [1.807, 2.05) is 12.5 Å². The van der Waals surface area contributed by atoms with Crippen molar-refractivity contribution in [2.45, 2.75) is 58.2 Å². The first kappa shape index (κ1) is 14.7. The van der Waals surface area contributed by atoms with Gasteiger partial charge in [0.2, 0.25) is 0 Å². The van der Waals surface area contributed by atoms with Gasteiger partial charge >= 0.3 is 0 Å². The second-order valence-corrected chi connectivity index (χ2v) is 7.18. The fourth-order valence-electron chi connectivity index (χ4n) is 3.23. The number of hydrogen-bond acceptors (Lipinski definition) is 4. The van der Waals surface area contributed by atoms with Crippen LogP contribution in [0.15, 0.2) is 17.9 Å². The quantitative estimate of drug-likeness (QED) is 0.843. The number of aryl methyl sites for hydroxylation is 1. The molecule has 1 fully saturated rings. The molecule has 4 nitrogen and oxygen atoms in total. The molecule has 0 aliphatic heterocycles. The largest absolute Gasteiger partial charge is 0.330 e. The highest BCUT2D eigenvalue weighted by molar-refractivity contribution is 7.09. The van der Waals surface area contributed by atoms with E-state index in [0.717, 1.165) is 18.1 Å². The SMILES string of the molecule is Cc1nc(CN(C)Cc2cncn2C2CCCCC2)cs1. The van der Waals surface area contributed by atoms with Gasteiger partial charge in [-0.25, -0.2) is 9.97 Å². The topological polar surface area (TPSA) is 34.0 Å². The molecule has 5 heteroatoms. The highest BCUT2D eigenvalue weighted by Crippen LogP contribution is 2.29. The summed E-state index contributed by atoms with van der Waals surface area (Å²) in [6.07, 6.45) is 10.8. The molecule has 1 aliphatic carbocycles. The van der Waals surface area contributed by atoms with E-state index >= 15 is 0 Å². The van der Waals surface area contributed by atoms with Crippen LogP contribution in [0.1, 0.15) is 54.5 Å². The molecule has 2 aromatic rings. The van der Waals surface area contributed by atoms with E-state index < -0.39 is 0 Å². The van der Waals surface area contributed by atoms with Crippen molar-refractivity contribution in [3.05, 3.63) is 34.3 Å². The minimum Gasteiger partial charge on any atom is -0.330 e. The first-order valence-electron chi connectivity index (χ1n) is 7.82. The van der Waals surface area contributed by atoms with E-state index in [-0.39, 0.29) is 0 Å². The zero-order valence-electron chi connectivity index (χ0n) is 13.0. The summed E-state index contributed by atoms with van der Waals surface area (Å²) in [6.45, 7) is 3.90. The maximum atomic E-state index is 4.55. The Labute approximate surface area is 130 Å². The number of nitrogens with zero attached hydrogens (tertiary/aromatic N) is 4. The van der Waals surface area contributed by atoms with E-state index in [0.29, 0.717) is 6.04 Å². The Bertz CT molecular complexity index is 568. The van der Waals surface area contributed by atoms with Gasteiger partial charge in [0.25, 0.3) is 0 Å². The number of hydrogen-bond donors (Lipinski definition) is 0. The number of aromatic nitrogens is 3. The summed E-state index contributed by atoms with van der Waals surface area (Å²) in [5.41, 5.74) is 2.50. The molecule has 0 spiro atoms. The maximum Gasteiger partial charge on any atom is 0.0951 e. The minimum atomic E-state index is 0.658. The standard InChI is InChI=1S/C16H24N4S/c1-13-18-14(11-21-13)9-19(2)10-16-8-17-12-20(16)15-6-4-3-5-7-15/h8,11-12,15H,3-7,9-10H2,1-2H3. The first-order valence-corrected chi connectivity index (χ1v) is 8.70. The molecule has 1 saturated carbocycles. The van der Waals surface area contributed by atoms with Crippen molar-refractivity contribution in [2.75, 3.05) is 7.05 Å². The molecule has 0 amide bonds. The van der Waals surface area contributed by atoms with Crippen LogP contribution in [0, 0.1) is 6.92 Å². The number of imidazole rings is 1. The van der Waals surface area contributed by atoms with Gasteiger partial charge in [-0.3, -0.25) is 4.90 Å². The molecule has 2 aromatic heterocycles. The summed E-state index contributed by atoms with van der Waals surface area (Å²) in [6, 6.07) is 0.658. The summed E-state index contributed by atoms with van der Waals surface area (Å²) in [7, 11) is 2.16. The van der Waals surface area contributed by atoms with E-state index in [1.54, 1.807) is 11.3 Å². The van der Waals surface area contributed by atoms with Crippen LogP contribution in [0.25, 0.3) is 0 Å². The molecule has 0 atom stereocenters. The zero-order valence-corrected chi connectivity index (χ0v) is 13.8. The Hall–Kier alpha value is -1.20. The Balaban J connectivity index is 1.63. The molecule has 1 aliphatic rings. The molecule has 21 heavy (non-hydrogen) atoms. The lowest BCUT2D eigenvalue weighted by Gasteiger charge is -2.26. The van der Waals surface area contributed by atoms with Gasteiger partial charge in [0, 0.05) is 30.7 Å². The summed E-state index contributed by atoms with van der Waals surface area (Å²) >= 11 is 1.72. The fourth-order valence-corrected chi connectivity index (χ4v) is 3.84. The molecule has 0 N–H and O–H groups in total. The lowest BCUT2D eigenvalue weighted by molar-refractivity contribution is 0.288. The molecule has 114 valence electrons. The number of thiazole rings is 1. The van der Waals surface area contributed by atoms with Gasteiger partial charge in [-0.2, -0.15) is 0 Å². The van der Waals surface area contributed by atoms with Crippen LogP contribution in [0.5, 0.6) is 0 Å². The van der Waals surface area contributed by atoms with E-state index in [9.17, 15) is 0 Å². The average molecular weight is 304 g/mol. The van der Waals surface area contributed by atoms with Crippen molar-refractivity contribution in [1.82, 2.24) is 19.4 Å². The smallest absolute Gasteiger partial charge is 0.0951 e. The Morgan fingerprint density at radius 1 is 1.29 bits per heavy atom. The van der Waals surface area contributed by atoms with Crippen molar-refractivity contribution in [3.8, 4) is 0 Å². The van der Waals surface area contributed by atoms with Gasteiger partial charge in [0.1, 0.15) is 0 Å². The van der Waals surface area contributed by atoms with Gasteiger partial charge in [0.15, 0.2) is 0 Å². The van der Waals surface area contributed by atoms with E-state index in [1.165, 1.54) is 43.5 Å². The molecule has 0 aromatic carbocycles. The highest BCUT2D eigenvalue weighted by atomic mass is 32.1. The fraction of sp³-hybridized carbons (Fsp3) is 0.625. The maximum absolute atomic E-state index is 4.55. The van der Waals surface area contributed by atoms with Crippen LogP contribution in [0.3, 0.4) is 0 Å². The van der Waals surface area contributed by atoms with Crippen LogP contribution in [-0.4, -0.2) is 26.5 Å². The second-order valence-electron chi connectivity index (χ2n) is 6.11. The van der Waals surface area contributed by atoms with Gasteiger partial charge in [-0.1, -0.05) is 19.3 Å². The monoisotopic (exact) mass is 304 g/mol. The van der Waals surface area contributed by atoms with Crippen molar-refractivity contribution in [2.24, 2.45) is 0 Å². The average Bonchev–Trinajstić information content (AvgIpc) is 3.09. The second kappa shape index (κ2) is 6.71. The normalized spacial score (nSPS) is 16.7. The zero-order chi connectivity index (χ0) is 14.7. The molecular weight excluding hydrogens is 280 g/mol. The molecule has 2 heterocycles. The van der Waals surface area contributed by atoms with E-state index in [2.05, 4.69) is 38.8 Å². The van der Waals surface area contributed by atoms with Gasteiger partial charge in [0.05, 0.1) is 22.7 Å².